The maximum absolute atomic E-state index is 9.34. The van der Waals surface area contributed by atoms with Crippen molar-refractivity contribution in [2.45, 2.75) is 45.1 Å². The van der Waals surface area contributed by atoms with E-state index in [1.165, 1.54) is 44.0 Å². The number of quaternary nitrogens is 1. The summed E-state index contributed by atoms with van der Waals surface area (Å²) in [6.07, 6.45) is 8.59. The van der Waals surface area contributed by atoms with Gasteiger partial charge in [0.15, 0.2) is 11.5 Å². The molecule has 39 heavy (non-hydrogen) atoms. The highest BCUT2D eigenvalue weighted by Gasteiger charge is 2.40. The summed E-state index contributed by atoms with van der Waals surface area (Å²) in [5.41, 5.74) is 10.1. The van der Waals surface area contributed by atoms with Crippen LogP contribution in [0.5, 0.6) is 11.5 Å². The Kier molecular flexibility index (Phi) is 8.19. The number of fused-ring (bicyclic) bond motifs is 5. The highest BCUT2D eigenvalue weighted by atomic mass is 35.5. The fraction of sp³-hybridized carbons (Fsp3) is 0.375. The number of allylic oxidation sites excluding steroid dienone is 3. The number of ether oxygens (including phenoxy) is 4. The summed E-state index contributed by atoms with van der Waals surface area (Å²) in [5, 5.41) is 9.34. The standard InChI is InChI=1S/C32H35NO5.ClH/c1-20(2)22-7-5-21(6-8-22)15-26-24-9-10-28(35-3)32(36-14-4-13-34)27(24)18-33-12-11-23-16-29-30(38-19-37-29)17-25(23)31(26)33;/h5-10,16-18,20,32,34H,4,11-15,19H2,1-3H3;1H. The zero-order valence-corrected chi connectivity index (χ0v) is 23.5. The van der Waals surface area contributed by atoms with Crippen LogP contribution in [0, 0.1) is 0 Å². The number of halogens is 1. The Labute approximate surface area is 236 Å². The smallest absolute Gasteiger partial charge is 0.231 e. The lowest BCUT2D eigenvalue weighted by Gasteiger charge is -2.36. The number of rotatable bonds is 8. The van der Waals surface area contributed by atoms with Crippen molar-refractivity contribution < 1.29 is 41.4 Å². The molecule has 0 bridgehead atoms. The van der Waals surface area contributed by atoms with E-state index < -0.39 is 0 Å². The molecule has 206 valence electrons. The Morgan fingerprint density at radius 3 is 2.56 bits per heavy atom. The van der Waals surface area contributed by atoms with Gasteiger partial charge in [0.05, 0.1) is 20.3 Å². The third-order valence-corrected chi connectivity index (χ3v) is 7.93. The molecule has 0 saturated heterocycles. The fourth-order valence-electron chi connectivity index (χ4n) is 5.91. The van der Waals surface area contributed by atoms with E-state index in [1.54, 1.807) is 7.11 Å². The third-order valence-electron chi connectivity index (χ3n) is 7.93. The minimum absolute atomic E-state index is 0. The molecule has 2 unspecified atom stereocenters. The number of nitrogens with one attached hydrogen (secondary N) is 1. The number of hydrogen-bond acceptors (Lipinski definition) is 5. The molecular formula is C32H36ClNO5. The molecule has 3 aliphatic heterocycles. The van der Waals surface area contributed by atoms with Crippen molar-refractivity contribution in [3.8, 4) is 11.5 Å². The number of aliphatic hydroxyl groups excluding tert-OH is 1. The normalized spacial score (nSPS) is 20.8. The molecule has 6 rings (SSSR count). The molecule has 4 aliphatic rings. The van der Waals surface area contributed by atoms with Crippen molar-refractivity contribution in [2.24, 2.45) is 0 Å². The minimum Gasteiger partial charge on any atom is -1.00 e. The molecule has 2 N–H and O–H groups in total. The van der Waals surface area contributed by atoms with Crippen molar-refractivity contribution in [3.63, 3.8) is 0 Å². The summed E-state index contributed by atoms with van der Waals surface area (Å²) in [6.45, 7) is 6.25. The summed E-state index contributed by atoms with van der Waals surface area (Å²) >= 11 is 0. The van der Waals surface area contributed by atoms with Crippen LogP contribution in [-0.2, 0) is 22.3 Å². The van der Waals surface area contributed by atoms with Gasteiger partial charge >= 0.3 is 0 Å². The first kappa shape index (κ1) is 27.5. The largest absolute Gasteiger partial charge is 1.00 e. The van der Waals surface area contributed by atoms with Crippen molar-refractivity contribution in [3.05, 3.63) is 99.5 Å². The van der Waals surface area contributed by atoms with E-state index in [9.17, 15) is 5.11 Å². The van der Waals surface area contributed by atoms with Gasteiger partial charge < -0.3 is 36.5 Å². The minimum atomic E-state index is -0.294. The lowest BCUT2D eigenvalue weighted by atomic mass is 9.79. The van der Waals surface area contributed by atoms with E-state index in [1.807, 2.05) is 6.08 Å². The number of methoxy groups -OCH3 is 1. The van der Waals surface area contributed by atoms with Crippen LogP contribution in [0.2, 0.25) is 0 Å². The molecule has 1 aliphatic carbocycles. The fourth-order valence-corrected chi connectivity index (χ4v) is 5.91. The Hall–Kier alpha value is -3.03. The molecule has 6 nitrogen and oxygen atoms in total. The average molecular weight is 550 g/mol. The van der Waals surface area contributed by atoms with Crippen LogP contribution in [0.4, 0.5) is 0 Å². The van der Waals surface area contributed by atoms with Crippen LogP contribution in [0.15, 0.2) is 77.2 Å². The van der Waals surface area contributed by atoms with Gasteiger partial charge in [-0.15, -0.1) is 0 Å². The Balaban J connectivity index is 0.00000308. The summed E-state index contributed by atoms with van der Waals surface area (Å²) in [7, 11) is 1.70. The predicted octanol–water partition coefficient (Wildman–Crippen LogP) is 1.07. The van der Waals surface area contributed by atoms with Crippen LogP contribution >= 0.6 is 0 Å². The number of aliphatic hydroxyl groups is 1. The highest BCUT2D eigenvalue weighted by molar-refractivity contribution is 5.77. The van der Waals surface area contributed by atoms with E-state index >= 15 is 0 Å². The molecule has 0 fully saturated rings. The molecule has 2 aromatic rings. The molecule has 0 radical (unpaired) electrons. The van der Waals surface area contributed by atoms with Crippen molar-refractivity contribution >= 4 is 5.70 Å². The zero-order valence-electron chi connectivity index (χ0n) is 22.8. The topological polar surface area (TPSA) is 61.6 Å². The van der Waals surface area contributed by atoms with Gasteiger partial charge in [-0.1, -0.05) is 44.2 Å². The number of benzene rings is 2. The van der Waals surface area contributed by atoms with Gasteiger partial charge in [-0.25, -0.2) is 0 Å². The van der Waals surface area contributed by atoms with Crippen molar-refractivity contribution in [2.75, 3.05) is 33.7 Å². The Bertz CT molecular complexity index is 1360. The second kappa shape index (κ2) is 11.6. The number of hydrogen-bond donors (Lipinski definition) is 2. The predicted molar refractivity (Wildman–Crippen MR) is 146 cm³/mol. The van der Waals surface area contributed by atoms with Crippen LogP contribution in [-0.4, -0.2) is 44.9 Å². The Morgan fingerprint density at radius 2 is 1.85 bits per heavy atom. The summed E-state index contributed by atoms with van der Waals surface area (Å²) in [5.74, 6) is 2.95. The highest BCUT2D eigenvalue weighted by Crippen LogP contribution is 2.42. The second-order valence-electron chi connectivity index (χ2n) is 10.6. The SMILES string of the molecule is COC1=CC=C2C(=C[NH+]3CCc4cc5c(cc4C3=C2Cc2ccc(C(C)C)cc2)OCO5)C1OCCCO.[Cl-]. The van der Waals surface area contributed by atoms with E-state index in [0.717, 1.165) is 42.2 Å². The summed E-state index contributed by atoms with van der Waals surface area (Å²) in [4.78, 5) is 1.32. The third kappa shape index (κ3) is 5.14. The Morgan fingerprint density at radius 1 is 1.08 bits per heavy atom. The van der Waals surface area contributed by atoms with E-state index in [-0.39, 0.29) is 31.9 Å². The van der Waals surface area contributed by atoms with Gasteiger partial charge in [0.25, 0.3) is 0 Å². The molecule has 2 atom stereocenters. The van der Waals surface area contributed by atoms with Gasteiger partial charge in [0.2, 0.25) is 6.79 Å². The van der Waals surface area contributed by atoms with Gasteiger partial charge in [-0.05, 0) is 52.8 Å². The van der Waals surface area contributed by atoms with Crippen LogP contribution in [0.1, 0.15) is 48.4 Å². The van der Waals surface area contributed by atoms with Crippen LogP contribution in [0.25, 0.3) is 5.70 Å². The van der Waals surface area contributed by atoms with Crippen molar-refractivity contribution in [1.82, 2.24) is 0 Å². The zero-order chi connectivity index (χ0) is 26.2. The van der Waals surface area contributed by atoms with Gasteiger partial charge in [0, 0.05) is 36.2 Å². The average Bonchev–Trinajstić information content (AvgIpc) is 3.39. The molecule has 7 heteroatoms. The summed E-state index contributed by atoms with van der Waals surface area (Å²) in [6, 6.07) is 13.4. The molecule has 0 aromatic heterocycles. The first-order valence-corrected chi connectivity index (χ1v) is 13.6. The molecular weight excluding hydrogens is 514 g/mol. The lowest BCUT2D eigenvalue weighted by molar-refractivity contribution is -0.771. The monoisotopic (exact) mass is 549 g/mol. The van der Waals surface area contributed by atoms with Gasteiger partial charge in [-0.3, -0.25) is 4.90 Å². The molecule has 0 amide bonds. The maximum atomic E-state index is 9.34. The van der Waals surface area contributed by atoms with Crippen LogP contribution < -0.4 is 26.8 Å². The van der Waals surface area contributed by atoms with E-state index in [0.29, 0.717) is 18.9 Å². The summed E-state index contributed by atoms with van der Waals surface area (Å²) < 4.78 is 23.5. The van der Waals surface area contributed by atoms with E-state index in [2.05, 4.69) is 62.5 Å². The molecule has 3 heterocycles. The quantitative estimate of drug-likeness (QED) is 0.483. The lowest BCUT2D eigenvalue weighted by Crippen LogP contribution is -3.06. The van der Waals surface area contributed by atoms with Crippen molar-refractivity contribution in [1.29, 1.82) is 0 Å². The first-order chi connectivity index (χ1) is 18.6. The molecule has 0 saturated carbocycles. The molecule has 0 spiro atoms. The van der Waals surface area contributed by atoms with Gasteiger partial charge in [0.1, 0.15) is 23.8 Å². The molecule has 2 aromatic carbocycles. The van der Waals surface area contributed by atoms with E-state index in [4.69, 9.17) is 18.9 Å². The first-order valence-electron chi connectivity index (χ1n) is 13.6. The van der Waals surface area contributed by atoms with Crippen LogP contribution in [0.3, 0.4) is 0 Å². The van der Waals surface area contributed by atoms with Gasteiger partial charge in [-0.2, -0.15) is 0 Å². The maximum Gasteiger partial charge on any atom is 0.231 e. The second-order valence-corrected chi connectivity index (χ2v) is 10.6.